The zero-order chi connectivity index (χ0) is 11.4. The summed E-state index contributed by atoms with van der Waals surface area (Å²) in [6, 6.07) is 0.514. The molecule has 0 saturated heterocycles. The van der Waals surface area contributed by atoms with E-state index < -0.39 is 0 Å². The van der Waals surface area contributed by atoms with Gasteiger partial charge in [0.05, 0.1) is 0 Å². The van der Waals surface area contributed by atoms with Crippen LogP contribution in [0.5, 0.6) is 0 Å². The van der Waals surface area contributed by atoms with Gasteiger partial charge in [-0.25, -0.2) is 0 Å². The van der Waals surface area contributed by atoms with Crippen molar-refractivity contribution in [3.8, 4) is 0 Å². The van der Waals surface area contributed by atoms with Crippen LogP contribution < -0.4 is 11.3 Å². The van der Waals surface area contributed by atoms with E-state index in [0.29, 0.717) is 12.0 Å². The molecule has 0 aromatic rings. The van der Waals surface area contributed by atoms with E-state index in [1.54, 1.807) is 0 Å². The molecule has 0 amide bonds. The highest BCUT2D eigenvalue weighted by Gasteiger charge is 2.31. The molecule has 0 bridgehead atoms. The fraction of sp³-hybridized carbons (Fsp3) is 1.00. The van der Waals surface area contributed by atoms with Crippen LogP contribution in [-0.4, -0.2) is 6.04 Å². The standard InChI is InChI=1S/C13H28N2/c1-5-11(4)13(15-14)12-7-9(2)6-10(3)8-12/h9-13,15H,5-8,14H2,1-4H3. The summed E-state index contributed by atoms with van der Waals surface area (Å²) in [5.74, 6) is 8.94. The number of hydrogen-bond acceptors (Lipinski definition) is 2. The van der Waals surface area contributed by atoms with Crippen LogP contribution in [0.3, 0.4) is 0 Å². The molecule has 1 rings (SSSR count). The summed E-state index contributed by atoms with van der Waals surface area (Å²) in [5.41, 5.74) is 3.06. The third-order valence-electron chi connectivity index (χ3n) is 4.17. The SMILES string of the molecule is CCC(C)C(NN)C1CC(C)CC(C)C1. The van der Waals surface area contributed by atoms with E-state index in [0.717, 1.165) is 17.8 Å². The van der Waals surface area contributed by atoms with Crippen molar-refractivity contribution in [2.24, 2.45) is 29.5 Å². The molecule has 1 aliphatic carbocycles. The van der Waals surface area contributed by atoms with Crippen LogP contribution in [0.2, 0.25) is 0 Å². The highest BCUT2D eigenvalue weighted by atomic mass is 15.2. The molecule has 1 saturated carbocycles. The number of nitrogens with two attached hydrogens (primary N) is 1. The number of hydrogen-bond donors (Lipinski definition) is 2. The van der Waals surface area contributed by atoms with Gasteiger partial charge in [0.1, 0.15) is 0 Å². The summed E-state index contributed by atoms with van der Waals surface area (Å²) < 4.78 is 0. The van der Waals surface area contributed by atoms with Crippen molar-refractivity contribution in [2.75, 3.05) is 0 Å². The first-order chi connectivity index (χ1) is 7.08. The van der Waals surface area contributed by atoms with Gasteiger partial charge in [-0.15, -0.1) is 0 Å². The van der Waals surface area contributed by atoms with Crippen molar-refractivity contribution in [1.82, 2.24) is 5.43 Å². The van der Waals surface area contributed by atoms with Crippen LogP contribution in [0, 0.1) is 23.7 Å². The smallest absolute Gasteiger partial charge is 0.0264 e. The molecule has 0 aliphatic heterocycles. The first-order valence-electron chi connectivity index (χ1n) is 6.54. The monoisotopic (exact) mass is 212 g/mol. The van der Waals surface area contributed by atoms with Crippen molar-refractivity contribution in [3.63, 3.8) is 0 Å². The lowest BCUT2D eigenvalue weighted by Gasteiger charge is -2.38. The summed E-state index contributed by atoms with van der Waals surface area (Å²) in [6.07, 6.45) is 5.31. The Morgan fingerprint density at radius 2 is 1.73 bits per heavy atom. The Bertz CT molecular complexity index is 171. The summed E-state index contributed by atoms with van der Waals surface area (Å²) in [5, 5.41) is 0. The zero-order valence-corrected chi connectivity index (χ0v) is 10.8. The second kappa shape index (κ2) is 5.86. The Hall–Kier alpha value is -0.0800. The maximum atomic E-state index is 5.72. The number of nitrogens with one attached hydrogen (secondary N) is 1. The zero-order valence-electron chi connectivity index (χ0n) is 10.8. The molecule has 90 valence electrons. The Balaban J connectivity index is 2.58. The van der Waals surface area contributed by atoms with E-state index in [2.05, 4.69) is 33.1 Å². The lowest BCUT2D eigenvalue weighted by atomic mass is 9.71. The van der Waals surface area contributed by atoms with E-state index in [-0.39, 0.29) is 0 Å². The van der Waals surface area contributed by atoms with Crippen LogP contribution >= 0.6 is 0 Å². The molecule has 1 aliphatic rings. The Morgan fingerprint density at radius 3 is 2.13 bits per heavy atom. The predicted molar refractivity (Wildman–Crippen MR) is 66.2 cm³/mol. The summed E-state index contributed by atoms with van der Waals surface area (Å²) in [7, 11) is 0. The minimum atomic E-state index is 0.514. The second-order valence-corrected chi connectivity index (χ2v) is 5.76. The molecule has 15 heavy (non-hydrogen) atoms. The van der Waals surface area contributed by atoms with Gasteiger partial charge in [-0.1, -0.05) is 34.1 Å². The van der Waals surface area contributed by atoms with Crippen molar-refractivity contribution < 1.29 is 0 Å². The van der Waals surface area contributed by atoms with Crippen molar-refractivity contribution in [1.29, 1.82) is 0 Å². The van der Waals surface area contributed by atoms with Crippen molar-refractivity contribution in [2.45, 2.75) is 59.4 Å². The molecule has 4 unspecified atom stereocenters. The molecule has 0 radical (unpaired) electrons. The summed E-state index contributed by atoms with van der Waals surface area (Å²) >= 11 is 0. The lowest BCUT2D eigenvalue weighted by molar-refractivity contribution is 0.146. The molecule has 4 atom stereocenters. The third kappa shape index (κ3) is 3.46. The molecule has 0 aromatic carbocycles. The normalized spacial score (nSPS) is 36.2. The third-order valence-corrected chi connectivity index (χ3v) is 4.17. The average molecular weight is 212 g/mol. The molecule has 0 spiro atoms. The fourth-order valence-electron chi connectivity index (χ4n) is 3.32. The largest absolute Gasteiger partial charge is 0.271 e. The first kappa shape index (κ1) is 13.0. The van der Waals surface area contributed by atoms with Crippen LogP contribution in [0.4, 0.5) is 0 Å². The van der Waals surface area contributed by atoms with Gasteiger partial charge in [-0.3, -0.25) is 11.3 Å². The van der Waals surface area contributed by atoms with Crippen LogP contribution in [0.15, 0.2) is 0 Å². The highest BCUT2D eigenvalue weighted by molar-refractivity contribution is 4.85. The maximum Gasteiger partial charge on any atom is 0.0264 e. The lowest BCUT2D eigenvalue weighted by Crippen LogP contribution is -2.47. The van der Waals surface area contributed by atoms with Gasteiger partial charge in [-0.05, 0) is 42.9 Å². The molecular formula is C13H28N2. The summed E-state index contributed by atoms with van der Waals surface area (Å²) in [6.45, 7) is 9.33. The van der Waals surface area contributed by atoms with Gasteiger partial charge in [0.2, 0.25) is 0 Å². The average Bonchev–Trinajstić information content (AvgIpc) is 2.17. The van der Waals surface area contributed by atoms with Crippen LogP contribution in [0.1, 0.15) is 53.4 Å². The Labute approximate surface area is 95.0 Å². The van der Waals surface area contributed by atoms with E-state index >= 15 is 0 Å². The molecule has 0 aromatic heterocycles. The molecule has 2 nitrogen and oxygen atoms in total. The van der Waals surface area contributed by atoms with E-state index in [1.165, 1.54) is 25.7 Å². The number of hydrazine groups is 1. The maximum absolute atomic E-state index is 5.72. The summed E-state index contributed by atoms with van der Waals surface area (Å²) in [4.78, 5) is 0. The van der Waals surface area contributed by atoms with E-state index in [4.69, 9.17) is 5.84 Å². The van der Waals surface area contributed by atoms with E-state index in [9.17, 15) is 0 Å². The minimum absolute atomic E-state index is 0.514. The van der Waals surface area contributed by atoms with E-state index in [1.807, 2.05) is 0 Å². The first-order valence-corrected chi connectivity index (χ1v) is 6.54. The minimum Gasteiger partial charge on any atom is -0.271 e. The van der Waals surface area contributed by atoms with Crippen molar-refractivity contribution >= 4 is 0 Å². The van der Waals surface area contributed by atoms with Gasteiger partial charge < -0.3 is 0 Å². The molecule has 2 heteroatoms. The quantitative estimate of drug-likeness (QED) is 0.555. The Kier molecular flexibility index (Phi) is 5.07. The van der Waals surface area contributed by atoms with Gasteiger partial charge in [0.15, 0.2) is 0 Å². The Morgan fingerprint density at radius 1 is 1.20 bits per heavy atom. The van der Waals surface area contributed by atoms with Gasteiger partial charge in [0.25, 0.3) is 0 Å². The van der Waals surface area contributed by atoms with Crippen LogP contribution in [-0.2, 0) is 0 Å². The van der Waals surface area contributed by atoms with Gasteiger partial charge in [0, 0.05) is 6.04 Å². The molecule has 1 fully saturated rings. The van der Waals surface area contributed by atoms with Gasteiger partial charge in [-0.2, -0.15) is 0 Å². The highest BCUT2D eigenvalue weighted by Crippen LogP contribution is 2.36. The second-order valence-electron chi connectivity index (χ2n) is 5.76. The fourth-order valence-corrected chi connectivity index (χ4v) is 3.32. The molecule has 3 N–H and O–H groups in total. The van der Waals surface area contributed by atoms with Crippen LogP contribution in [0.25, 0.3) is 0 Å². The topological polar surface area (TPSA) is 38.0 Å². The predicted octanol–water partition coefficient (Wildman–Crippen LogP) is 2.94. The van der Waals surface area contributed by atoms with Gasteiger partial charge >= 0.3 is 0 Å². The number of rotatable bonds is 4. The molecule has 0 heterocycles. The van der Waals surface area contributed by atoms with Crippen molar-refractivity contribution in [3.05, 3.63) is 0 Å². The molecular weight excluding hydrogens is 184 g/mol.